The third kappa shape index (κ3) is 2.68. The van der Waals surface area contributed by atoms with E-state index in [1.165, 1.54) is 9.75 Å². The van der Waals surface area contributed by atoms with Crippen LogP contribution < -0.4 is 0 Å². The second-order valence-electron chi connectivity index (χ2n) is 3.57. The molecule has 1 aromatic carbocycles. The topological polar surface area (TPSA) is 0 Å². The van der Waals surface area contributed by atoms with Crippen molar-refractivity contribution in [1.82, 2.24) is 0 Å². The van der Waals surface area contributed by atoms with Crippen molar-refractivity contribution in [3.8, 4) is 0 Å². The van der Waals surface area contributed by atoms with Gasteiger partial charge in [0.05, 0.1) is 5.38 Å². The van der Waals surface area contributed by atoms with Gasteiger partial charge in [-0.25, -0.2) is 0 Å². The van der Waals surface area contributed by atoms with Crippen molar-refractivity contribution in [1.29, 1.82) is 0 Å². The van der Waals surface area contributed by atoms with Gasteiger partial charge in [-0.1, -0.05) is 35.0 Å². The minimum absolute atomic E-state index is 0.0293. The Hall–Kier alpha value is -0.310. The van der Waals surface area contributed by atoms with E-state index in [-0.39, 0.29) is 5.38 Å². The van der Waals surface area contributed by atoms with Gasteiger partial charge in [0.2, 0.25) is 0 Å². The first-order chi connectivity index (χ1) is 7.70. The molecule has 0 saturated heterocycles. The summed E-state index contributed by atoms with van der Waals surface area (Å²) in [5, 5.41) is -0.0293. The van der Waals surface area contributed by atoms with Crippen LogP contribution in [0.25, 0.3) is 0 Å². The van der Waals surface area contributed by atoms with E-state index in [2.05, 4.69) is 47.1 Å². The molecule has 0 aliphatic rings. The fourth-order valence-electron chi connectivity index (χ4n) is 1.52. The second-order valence-corrected chi connectivity index (χ2v) is 6.12. The number of aryl methyl sites for hydroxylation is 1. The van der Waals surface area contributed by atoms with Crippen molar-refractivity contribution in [3.63, 3.8) is 0 Å². The minimum atomic E-state index is -0.0293. The van der Waals surface area contributed by atoms with Gasteiger partial charge in [-0.05, 0) is 36.2 Å². The maximum atomic E-state index is 6.45. The molecule has 2 rings (SSSR count). The number of alkyl halides is 1. The summed E-state index contributed by atoms with van der Waals surface area (Å²) < 4.78 is 1.08. The number of rotatable bonds is 3. The Morgan fingerprint density at radius 2 is 1.88 bits per heavy atom. The lowest BCUT2D eigenvalue weighted by atomic mass is 10.1. The number of benzene rings is 1. The molecule has 0 radical (unpaired) electrons. The van der Waals surface area contributed by atoms with Gasteiger partial charge in [-0.15, -0.1) is 22.9 Å². The number of hydrogen-bond acceptors (Lipinski definition) is 1. The molecule has 0 aliphatic carbocycles. The number of hydrogen-bond donors (Lipinski definition) is 0. The number of halogens is 2. The second kappa shape index (κ2) is 5.35. The number of thiophene rings is 1. The fourth-order valence-corrected chi connectivity index (χ4v) is 3.09. The lowest BCUT2D eigenvalue weighted by Crippen LogP contribution is -1.88. The molecule has 1 heterocycles. The van der Waals surface area contributed by atoms with Gasteiger partial charge in [0.1, 0.15) is 0 Å². The van der Waals surface area contributed by atoms with Crippen molar-refractivity contribution < 1.29 is 0 Å². The van der Waals surface area contributed by atoms with Crippen LogP contribution in [0.2, 0.25) is 0 Å². The van der Waals surface area contributed by atoms with Crippen molar-refractivity contribution in [2.75, 3.05) is 0 Å². The Kier molecular flexibility index (Phi) is 4.06. The first-order valence-corrected chi connectivity index (χ1v) is 7.23. The van der Waals surface area contributed by atoms with Crippen molar-refractivity contribution in [2.24, 2.45) is 0 Å². The summed E-state index contributed by atoms with van der Waals surface area (Å²) in [4.78, 5) is 2.61. The van der Waals surface area contributed by atoms with Crippen LogP contribution in [0.4, 0.5) is 0 Å². The SMILES string of the molecule is CCc1ccc(C(Cl)c2ccc(Br)cc2)s1. The van der Waals surface area contributed by atoms with E-state index in [4.69, 9.17) is 11.6 Å². The zero-order valence-corrected chi connectivity index (χ0v) is 12.1. The molecule has 0 spiro atoms. The van der Waals surface area contributed by atoms with Gasteiger partial charge in [0, 0.05) is 14.2 Å². The molecule has 0 nitrogen and oxygen atoms in total. The summed E-state index contributed by atoms with van der Waals surface area (Å²) >= 11 is 11.7. The average Bonchev–Trinajstić information content (AvgIpc) is 2.77. The molecule has 0 aliphatic heterocycles. The highest BCUT2D eigenvalue weighted by molar-refractivity contribution is 9.10. The average molecular weight is 316 g/mol. The van der Waals surface area contributed by atoms with Crippen LogP contribution in [0.1, 0.15) is 27.6 Å². The Labute approximate surface area is 113 Å². The lowest BCUT2D eigenvalue weighted by molar-refractivity contribution is 1.18. The van der Waals surface area contributed by atoms with E-state index < -0.39 is 0 Å². The zero-order valence-electron chi connectivity index (χ0n) is 8.91. The van der Waals surface area contributed by atoms with Crippen LogP contribution in [0.5, 0.6) is 0 Å². The maximum absolute atomic E-state index is 6.45. The quantitative estimate of drug-likeness (QED) is 0.665. The Balaban J connectivity index is 2.24. The Bertz CT molecular complexity index is 461. The molecule has 1 unspecified atom stereocenters. The first-order valence-electron chi connectivity index (χ1n) is 5.19. The van der Waals surface area contributed by atoms with Gasteiger partial charge in [-0.2, -0.15) is 0 Å². The maximum Gasteiger partial charge on any atom is 0.0927 e. The largest absolute Gasteiger partial charge is 0.143 e. The van der Waals surface area contributed by atoms with Crippen molar-refractivity contribution >= 4 is 38.9 Å². The van der Waals surface area contributed by atoms with Gasteiger partial charge in [0.25, 0.3) is 0 Å². The van der Waals surface area contributed by atoms with E-state index in [0.717, 1.165) is 16.5 Å². The molecule has 3 heteroatoms. The molecule has 1 atom stereocenters. The van der Waals surface area contributed by atoms with Gasteiger partial charge < -0.3 is 0 Å². The van der Waals surface area contributed by atoms with Gasteiger partial charge >= 0.3 is 0 Å². The molecular formula is C13H12BrClS. The predicted molar refractivity (Wildman–Crippen MR) is 75.5 cm³/mol. The standard InChI is InChI=1S/C13H12BrClS/c1-2-11-7-8-12(16-11)13(15)9-3-5-10(14)6-4-9/h3-8,13H,2H2,1H3. The highest BCUT2D eigenvalue weighted by Gasteiger charge is 2.12. The molecular weight excluding hydrogens is 304 g/mol. The van der Waals surface area contributed by atoms with Crippen molar-refractivity contribution in [3.05, 3.63) is 56.2 Å². The third-order valence-electron chi connectivity index (χ3n) is 2.44. The summed E-state index contributed by atoms with van der Waals surface area (Å²) in [6, 6.07) is 12.5. The van der Waals surface area contributed by atoms with Gasteiger partial charge in [0.15, 0.2) is 0 Å². The molecule has 84 valence electrons. The van der Waals surface area contributed by atoms with Gasteiger partial charge in [-0.3, -0.25) is 0 Å². The molecule has 0 fully saturated rings. The first kappa shape index (κ1) is 12.2. The zero-order chi connectivity index (χ0) is 11.5. The van der Waals surface area contributed by atoms with E-state index in [0.29, 0.717) is 0 Å². The van der Waals surface area contributed by atoms with E-state index in [9.17, 15) is 0 Å². The molecule has 0 amide bonds. The van der Waals surface area contributed by atoms with Crippen LogP contribution in [-0.2, 0) is 6.42 Å². The van der Waals surface area contributed by atoms with Crippen LogP contribution in [0.15, 0.2) is 40.9 Å². The highest BCUT2D eigenvalue weighted by atomic mass is 79.9. The molecule has 2 aromatic rings. The molecule has 0 bridgehead atoms. The van der Waals surface area contributed by atoms with Crippen LogP contribution in [0.3, 0.4) is 0 Å². The Morgan fingerprint density at radius 1 is 1.19 bits per heavy atom. The summed E-state index contributed by atoms with van der Waals surface area (Å²) in [7, 11) is 0. The summed E-state index contributed by atoms with van der Waals surface area (Å²) in [6.45, 7) is 2.17. The molecule has 0 N–H and O–H groups in total. The predicted octanol–water partition coefficient (Wildman–Crippen LogP) is 5.40. The van der Waals surface area contributed by atoms with E-state index in [1.54, 1.807) is 11.3 Å². The van der Waals surface area contributed by atoms with E-state index >= 15 is 0 Å². The minimum Gasteiger partial charge on any atom is -0.143 e. The lowest BCUT2D eigenvalue weighted by Gasteiger charge is -2.07. The van der Waals surface area contributed by atoms with E-state index in [1.807, 2.05) is 12.1 Å². The van der Waals surface area contributed by atoms with Crippen LogP contribution >= 0.6 is 38.9 Å². The normalized spacial score (nSPS) is 12.7. The van der Waals surface area contributed by atoms with Crippen molar-refractivity contribution in [2.45, 2.75) is 18.7 Å². The fraction of sp³-hybridized carbons (Fsp3) is 0.231. The monoisotopic (exact) mass is 314 g/mol. The smallest absolute Gasteiger partial charge is 0.0927 e. The third-order valence-corrected chi connectivity index (χ3v) is 4.88. The summed E-state index contributed by atoms with van der Waals surface area (Å²) in [5.74, 6) is 0. The van der Waals surface area contributed by atoms with Crippen LogP contribution in [-0.4, -0.2) is 0 Å². The summed E-state index contributed by atoms with van der Waals surface area (Å²) in [6.07, 6.45) is 1.08. The molecule has 0 saturated carbocycles. The molecule has 16 heavy (non-hydrogen) atoms. The molecule has 1 aromatic heterocycles. The van der Waals surface area contributed by atoms with Crippen LogP contribution in [0, 0.1) is 0 Å². The Morgan fingerprint density at radius 3 is 2.44 bits per heavy atom. The summed E-state index contributed by atoms with van der Waals surface area (Å²) in [5.41, 5.74) is 1.15. The highest BCUT2D eigenvalue weighted by Crippen LogP contribution is 2.34.